The first-order chi connectivity index (χ1) is 11.9. The molecule has 0 aliphatic carbocycles. The average molecular weight is 371 g/mol. The maximum absolute atomic E-state index is 12.8. The van der Waals surface area contributed by atoms with Crippen LogP contribution in [0.4, 0.5) is 0 Å². The molecule has 0 radical (unpaired) electrons. The first-order valence-corrected chi connectivity index (χ1v) is 8.69. The Kier molecular flexibility index (Phi) is 5.04. The second-order valence-corrected chi connectivity index (χ2v) is 7.20. The Balaban J connectivity index is 1.73. The molecule has 9 heteroatoms. The molecule has 0 bridgehead atoms. The van der Waals surface area contributed by atoms with E-state index < -0.39 is 5.60 Å². The SMILES string of the molecule is COCC(=O)N1CC[C@]2(O)CCN(C(=O)c3c(Cl)cnn3C)C[C@@H]2C1. The molecule has 138 valence electrons. The summed E-state index contributed by atoms with van der Waals surface area (Å²) >= 11 is 6.08. The van der Waals surface area contributed by atoms with E-state index in [2.05, 4.69) is 5.10 Å². The van der Waals surface area contributed by atoms with Crippen LogP contribution in [0.25, 0.3) is 0 Å². The molecule has 0 spiro atoms. The standard InChI is InChI=1S/C16H23ClN4O4/c1-19-14(12(17)7-18-19)15(23)21-6-4-16(24)3-5-20(8-11(16)9-21)13(22)10-25-2/h7,11,24H,3-6,8-10H2,1-2H3/t11-,16-/m0/s1. The fraction of sp³-hybridized carbons (Fsp3) is 0.688. The van der Waals surface area contributed by atoms with Crippen LogP contribution in [-0.2, 0) is 16.6 Å². The number of aryl methyl sites for hydroxylation is 1. The Labute approximate surface area is 151 Å². The number of piperidine rings is 2. The minimum atomic E-state index is -0.836. The first kappa shape index (κ1) is 18.2. The summed E-state index contributed by atoms with van der Waals surface area (Å²) in [5.41, 5.74) is -0.494. The zero-order chi connectivity index (χ0) is 18.2. The van der Waals surface area contributed by atoms with E-state index in [4.69, 9.17) is 16.3 Å². The average Bonchev–Trinajstić information content (AvgIpc) is 2.92. The Morgan fingerprint density at radius 2 is 2.00 bits per heavy atom. The summed E-state index contributed by atoms with van der Waals surface area (Å²) in [5, 5.41) is 15.2. The van der Waals surface area contributed by atoms with Crippen LogP contribution in [0.3, 0.4) is 0 Å². The summed E-state index contributed by atoms with van der Waals surface area (Å²) in [4.78, 5) is 28.3. The largest absolute Gasteiger partial charge is 0.389 e. The van der Waals surface area contributed by atoms with Crippen molar-refractivity contribution in [1.82, 2.24) is 19.6 Å². The Bertz CT molecular complexity index is 660. The predicted molar refractivity (Wildman–Crippen MR) is 90.3 cm³/mol. The zero-order valence-corrected chi connectivity index (χ0v) is 15.2. The number of amides is 2. The molecule has 2 saturated heterocycles. The van der Waals surface area contributed by atoms with Gasteiger partial charge < -0.3 is 19.6 Å². The van der Waals surface area contributed by atoms with Crippen LogP contribution in [0.15, 0.2) is 6.20 Å². The topological polar surface area (TPSA) is 87.9 Å². The molecule has 1 N–H and O–H groups in total. The number of rotatable bonds is 3. The summed E-state index contributed by atoms with van der Waals surface area (Å²) < 4.78 is 6.37. The number of halogens is 1. The van der Waals surface area contributed by atoms with Gasteiger partial charge in [0.15, 0.2) is 0 Å². The van der Waals surface area contributed by atoms with Crippen molar-refractivity contribution in [1.29, 1.82) is 0 Å². The van der Waals surface area contributed by atoms with Crippen molar-refractivity contribution in [3.63, 3.8) is 0 Å². The van der Waals surface area contributed by atoms with Crippen molar-refractivity contribution in [3.05, 3.63) is 16.9 Å². The molecular formula is C16H23ClN4O4. The fourth-order valence-electron chi connectivity index (χ4n) is 3.73. The van der Waals surface area contributed by atoms with Gasteiger partial charge in [0.2, 0.25) is 5.91 Å². The number of methoxy groups -OCH3 is 1. The van der Waals surface area contributed by atoms with Crippen molar-refractivity contribution >= 4 is 23.4 Å². The molecule has 1 aromatic rings. The number of hydrogen-bond acceptors (Lipinski definition) is 5. The lowest BCUT2D eigenvalue weighted by Gasteiger charge is -2.50. The molecule has 2 aliphatic rings. The lowest BCUT2D eigenvalue weighted by atomic mass is 9.75. The van der Waals surface area contributed by atoms with E-state index >= 15 is 0 Å². The van der Waals surface area contributed by atoms with Crippen LogP contribution < -0.4 is 0 Å². The number of carbonyl (C=O) groups is 2. The van der Waals surface area contributed by atoms with Gasteiger partial charge in [-0.3, -0.25) is 14.3 Å². The second kappa shape index (κ2) is 6.93. The van der Waals surface area contributed by atoms with Gasteiger partial charge in [-0.05, 0) is 12.8 Å². The van der Waals surface area contributed by atoms with Crippen molar-refractivity contribution < 1.29 is 19.4 Å². The number of hydrogen-bond donors (Lipinski definition) is 1. The molecule has 0 unspecified atom stereocenters. The molecule has 0 aromatic carbocycles. The van der Waals surface area contributed by atoms with Gasteiger partial charge in [0.25, 0.3) is 5.91 Å². The van der Waals surface area contributed by atoms with E-state index in [1.165, 1.54) is 18.0 Å². The maximum atomic E-state index is 12.8. The lowest BCUT2D eigenvalue weighted by molar-refractivity contribution is -0.148. The third kappa shape index (κ3) is 3.38. The highest BCUT2D eigenvalue weighted by molar-refractivity contribution is 6.33. The van der Waals surface area contributed by atoms with E-state index in [0.29, 0.717) is 49.7 Å². The molecule has 0 saturated carbocycles. The smallest absolute Gasteiger partial charge is 0.273 e. The highest BCUT2D eigenvalue weighted by atomic mass is 35.5. The van der Waals surface area contributed by atoms with Gasteiger partial charge in [0.1, 0.15) is 12.3 Å². The van der Waals surface area contributed by atoms with Gasteiger partial charge in [-0.2, -0.15) is 5.10 Å². The Morgan fingerprint density at radius 3 is 2.60 bits per heavy atom. The number of ether oxygens (including phenoxy) is 1. The summed E-state index contributed by atoms with van der Waals surface area (Å²) in [5.74, 6) is -0.484. The predicted octanol–water partition coefficient (Wildman–Crippen LogP) is 0.145. The molecule has 25 heavy (non-hydrogen) atoms. The summed E-state index contributed by atoms with van der Waals surface area (Å²) in [6.07, 6.45) is 2.45. The molecular weight excluding hydrogens is 348 g/mol. The third-order valence-electron chi connectivity index (χ3n) is 5.28. The zero-order valence-electron chi connectivity index (χ0n) is 14.4. The molecule has 2 amide bonds. The van der Waals surface area contributed by atoms with Crippen molar-refractivity contribution in [2.75, 3.05) is 39.9 Å². The van der Waals surface area contributed by atoms with Gasteiger partial charge in [0.05, 0.1) is 16.8 Å². The third-order valence-corrected chi connectivity index (χ3v) is 5.55. The van der Waals surface area contributed by atoms with E-state index in [1.807, 2.05) is 0 Å². The number of nitrogens with zero attached hydrogens (tertiary/aromatic N) is 4. The van der Waals surface area contributed by atoms with E-state index in [0.717, 1.165) is 0 Å². The molecule has 2 aliphatic heterocycles. The highest BCUT2D eigenvalue weighted by Gasteiger charge is 2.47. The Hall–Kier alpha value is -1.64. The molecule has 3 heterocycles. The number of likely N-dealkylation sites (tertiary alicyclic amines) is 2. The monoisotopic (exact) mass is 370 g/mol. The van der Waals surface area contributed by atoms with Gasteiger partial charge in [-0.1, -0.05) is 11.6 Å². The Morgan fingerprint density at radius 1 is 1.36 bits per heavy atom. The molecule has 1 aromatic heterocycles. The van der Waals surface area contributed by atoms with Crippen LogP contribution in [0.1, 0.15) is 23.3 Å². The fourth-order valence-corrected chi connectivity index (χ4v) is 3.98. The van der Waals surface area contributed by atoms with Crippen molar-refractivity contribution in [2.45, 2.75) is 18.4 Å². The molecule has 8 nitrogen and oxygen atoms in total. The highest BCUT2D eigenvalue weighted by Crippen LogP contribution is 2.36. The normalized spacial score (nSPS) is 26.5. The van der Waals surface area contributed by atoms with Crippen molar-refractivity contribution in [2.24, 2.45) is 13.0 Å². The van der Waals surface area contributed by atoms with Crippen LogP contribution in [-0.4, -0.2) is 82.0 Å². The van der Waals surface area contributed by atoms with Crippen LogP contribution in [0.2, 0.25) is 5.02 Å². The molecule has 3 rings (SSSR count). The van der Waals surface area contributed by atoms with Crippen LogP contribution in [0, 0.1) is 5.92 Å². The van der Waals surface area contributed by atoms with Gasteiger partial charge in [-0.15, -0.1) is 0 Å². The van der Waals surface area contributed by atoms with Crippen LogP contribution >= 0.6 is 11.6 Å². The summed E-state index contributed by atoms with van der Waals surface area (Å²) in [6, 6.07) is 0. The molecule has 2 atom stereocenters. The number of aromatic nitrogens is 2. The minimum absolute atomic E-state index is 0.0262. The number of carbonyl (C=O) groups excluding carboxylic acids is 2. The van der Waals surface area contributed by atoms with Crippen LogP contribution in [0.5, 0.6) is 0 Å². The summed E-state index contributed by atoms with van der Waals surface area (Å²) in [6.45, 7) is 1.80. The number of fused-ring (bicyclic) bond motifs is 1. The second-order valence-electron chi connectivity index (χ2n) is 6.79. The number of aliphatic hydroxyl groups is 1. The van der Waals surface area contributed by atoms with Crippen molar-refractivity contribution in [3.8, 4) is 0 Å². The first-order valence-electron chi connectivity index (χ1n) is 8.31. The summed E-state index contributed by atoms with van der Waals surface area (Å²) in [7, 11) is 3.15. The van der Waals surface area contributed by atoms with Gasteiger partial charge in [0, 0.05) is 46.3 Å². The van der Waals surface area contributed by atoms with E-state index in [1.54, 1.807) is 16.8 Å². The van der Waals surface area contributed by atoms with E-state index in [-0.39, 0.29) is 24.3 Å². The minimum Gasteiger partial charge on any atom is -0.389 e. The van der Waals surface area contributed by atoms with E-state index in [9.17, 15) is 14.7 Å². The maximum Gasteiger partial charge on any atom is 0.273 e. The lowest BCUT2D eigenvalue weighted by Crippen LogP contribution is -2.61. The molecule has 2 fully saturated rings. The quantitative estimate of drug-likeness (QED) is 0.818. The van der Waals surface area contributed by atoms with Gasteiger partial charge in [-0.25, -0.2) is 0 Å². The van der Waals surface area contributed by atoms with Gasteiger partial charge >= 0.3 is 0 Å².